The Kier molecular flexibility index (Phi) is 3.42. The standard InChI is InChI=1S/C12H19NO4/c14-11(5-12-16-1-2-17-12)8-3-9-6-15-7-10(4-8)13-9/h8-10,12-13H,1-7H2. The van der Waals surface area contributed by atoms with Gasteiger partial charge in [-0.1, -0.05) is 0 Å². The van der Waals surface area contributed by atoms with Crippen LogP contribution in [0.15, 0.2) is 0 Å². The Morgan fingerprint density at radius 1 is 1.12 bits per heavy atom. The number of Topliss-reactive ketones (excluding diaryl/α,β-unsaturated/α-hetero) is 1. The van der Waals surface area contributed by atoms with Crippen molar-refractivity contribution in [2.75, 3.05) is 26.4 Å². The van der Waals surface area contributed by atoms with Crippen LogP contribution in [0.1, 0.15) is 19.3 Å². The van der Waals surface area contributed by atoms with Crippen molar-refractivity contribution in [3.05, 3.63) is 0 Å². The summed E-state index contributed by atoms with van der Waals surface area (Å²) in [6, 6.07) is 0.698. The monoisotopic (exact) mass is 241 g/mol. The zero-order valence-corrected chi connectivity index (χ0v) is 9.89. The minimum Gasteiger partial charge on any atom is -0.378 e. The number of nitrogens with one attached hydrogen (secondary N) is 1. The molecule has 3 saturated heterocycles. The summed E-state index contributed by atoms with van der Waals surface area (Å²) < 4.78 is 16.1. The molecule has 0 aromatic carbocycles. The number of carbonyl (C=O) groups excluding carboxylic acids is 1. The number of rotatable bonds is 3. The van der Waals surface area contributed by atoms with Gasteiger partial charge in [-0.2, -0.15) is 0 Å². The predicted octanol–water partition coefficient (Wildman–Crippen LogP) is 0.0855. The summed E-state index contributed by atoms with van der Waals surface area (Å²) in [5.74, 6) is 0.443. The van der Waals surface area contributed by atoms with Gasteiger partial charge in [0.1, 0.15) is 5.78 Å². The second kappa shape index (κ2) is 5.02. The Morgan fingerprint density at radius 3 is 2.41 bits per heavy atom. The Labute approximate surface area is 101 Å². The molecule has 5 nitrogen and oxygen atoms in total. The smallest absolute Gasteiger partial charge is 0.164 e. The van der Waals surface area contributed by atoms with E-state index in [2.05, 4.69) is 5.32 Å². The molecule has 0 saturated carbocycles. The van der Waals surface area contributed by atoms with Gasteiger partial charge in [-0.3, -0.25) is 4.79 Å². The van der Waals surface area contributed by atoms with Crippen molar-refractivity contribution in [3.63, 3.8) is 0 Å². The van der Waals surface area contributed by atoms with Crippen LogP contribution < -0.4 is 5.32 Å². The summed E-state index contributed by atoms with van der Waals surface area (Å²) in [5.41, 5.74) is 0. The van der Waals surface area contributed by atoms with E-state index in [0.717, 1.165) is 26.1 Å². The second-order valence-corrected chi connectivity index (χ2v) is 5.11. The topological polar surface area (TPSA) is 56.8 Å². The first-order chi connectivity index (χ1) is 8.31. The van der Waals surface area contributed by atoms with Crippen LogP contribution in [0.3, 0.4) is 0 Å². The number of hydrogen-bond acceptors (Lipinski definition) is 5. The first-order valence-electron chi connectivity index (χ1n) is 6.41. The van der Waals surface area contributed by atoms with E-state index in [0.29, 0.717) is 31.7 Å². The van der Waals surface area contributed by atoms with Gasteiger partial charge in [0.2, 0.25) is 0 Å². The molecular weight excluding hydrogens is 222 g/mol. The van der Waals surface area contributed by atoms with Crippen molar-refractivity contribution in [1.82, 2.24) is 5.32 Å². The highest BCUT2D eigenvalue weighted by molar-refractivity contribution is 5.81. The minimum atomic E-state index is -0.298. The Bertz CT molecular complexity index is 278. The molecule has 3 rings (SSSR count). The zero-order valence-electron chi connectivity index (χ0n) is 9.89. The third kappa shape index (κ3) is 2.68. The largest absolute Gasteiger partial charge is 0.378 e. The van der Waals surface area contributed by atoms with Gasteiger partial charge in [0.15, 0.2) is 6.29 Å². The fourth-order valence-electron chi connectivity index (χ4n) is 2.96. The molecule has 17 heavy (non-hydrogen) atoms. The molecule has 2 unspecified atom stereocenters. The van der Waals surface area contributed by atoms with Gasteiger partial charge in [-0.05, 0) is 12.8 Å². The van der Waals surface area contributed by atoms with Crippen molar-refractivity contribution in [1.29, 1.82) is 0 Å². The maximum Gasteiger partial charge on any atom is 0.164 e. The minimum absolute atomic E-state index is 0.156. The molecule has 0 aromatic rings. The molecule has 0 aromatic heterocycles. The Hall–Kier alpha value is -0.490. The molecule has 0 aliphatic carbocycles. The van der Waals surface area contributed by atoms with Crippen LogP contribution in [0, 0.1) is 5.92 Å². The van der Waals surface area contributed by atoms with Gasteiger partial charge in [-0.15, -0.1) is 0 Å². The third-order valence-corrected chi connectivity index (χ3v) is 3.76. The molecule has 2 bridgehead atoms. The third-order valence-electron chi connectivity index (χ3n) is 3.76. The van der Waals surface area contributed by atoms with Gasteiger partial charge in [-0.25, -0.2) is 0 Å². The zero-order chi connectivity index (χ0) is 11.7. The van der Waals surface area contributed by atoms with Gasteiger partial charge in [0.05, 0.1) is 32.8 Å². The molecule has 3 aliphatic rings. The maximum atomic E-state index is 12.2. The fourth-order valence-corrected chi connectivity index (χ4v) is 2.96. The average Bonchev–Trinajstić information content (AvgIpc) is 2.81. The summed E-state index contributed by atoms with van der Waals surface area (Å²) in [6.07, 6.45) is 1.89. The lowest BCUT2D eigenvalue weighted by molar-refractivity contribution is -0.134. The summed E-state index contributed by atoms with van der Waals surface area (Å²) in [6.45, 7) is 2.69. The van der Waals surface area contributed by atoms with Gasteiger partial charge < -0.3 is 19.5 Å². The van der Waals surface area contributed by atoms with Crippen molar-refractivity contribution in [2.24, 2.45) is 5.92 Å². The molecule has 0 radical (unpaired) electrons. The van der Waals surface area contributed by atoms with E-state index in [1.807, 2.05) is 0 Å². The van der Waals surface area contributed by atoms with Crippen LogP contribution in [-0.4, -0.2) is 50.6 Å². The number of piperidine rings is 1. The van der Waals surface area contributed by atoms with Gasteiger partial charge in [0.25, 0.3) is 0 Å². The van der Waals surface area contributed by atoms with Crippen LogP contribution in [0.25, 0.3) is 0 Å². The molecule has 0 spiro atoms. The van der Waals surface area contributed by atoms with E-state index in [4.69, 9.17) is 14.2 Å². The first kappa shape index (κ1) is 11.6. The van der Waals surface area contributed by atoms with E-state index in [1.54, 1.807) is 0 Å². The molecule has 1 N–H and O–H groups in total. The summed E-state index contributed by atoms with van der Waals surface area (Å²) in [5, 5.41) is 3.49. The van der Waals surface area contributed by atoms with Gasteiger partial charge in [0, 0.05) is 18.0 Å². The van der Waals surface area contributed by atoms with Crippen LogP contribution in [-0.2, 0) is 19.0 Å². The average molecular weight is 241 g/mol. The Balaban J connectivity index is 1.54. The Morgan fingerprint density at radius 2 is 1.76 bits per heavy atom. The highest BCUT2D eigenvalue weighted by atomic mass is 16.7. The van der Waals surface area contributed by atoms with E-state index in [9.17, 15) is 4.79 Å². The lowest BCUT2D eigenvalue weighted by atomic mass is 9.83. The van der Waals surface area contributed by atoms with Crippen LogP contribution in [0.5, 0.6) is 0 Å². The lowest BCUT2D eigenvalue weighted by Crippen LogP contribution is -2.55. The van der Waals surface area contributed by atoms with E-state index < -0.39 is 0 Å². The van der Waals surface area contributed by atoms with Gasteiger partial charge >= 0.3 is 0 Å². The molecule has 5 heteroatoms. The van der Waals surface area contributed by atoms with Crippen molar-refractivity contribution in [2.45, 2.75) is 37.6 Å². The fraction of sp³-hybridized carbons (Fsp3) is 0.917. The molecule has 3 aliphatic heterocycles. The lowest BCUT2D eigenvalue weighted by Gasteiger charge is -2.39. The first-order valence-corrected chi connectivity index (χ1v) is 6.41. The van der Waals surface area contributed by atoms with E-state index in [-0.39, 0.29) is 18.0 Å². The number of ketones is 1. The maximum absolute atomic E-state index is 12.2. The van der Waals surface area contributed by atoms with Crippen LogP contribution in [0.2, 0.25) is 0 Å². The number of fused-ring (bicyclic) bond motifs is 2. The SMILES string of the molecule is O=C(CC1OCCO1)C1CC2COCC(C1)N2. The summed E-state index contributed by atoms with van der Waals surface area (Å²) in [7, 11) is 0. The predicted molar refractivity (Wildman–Crippen MR) is 59.6 cm³/mol. The van der Waals surface area contributed by atoms with Crippen molar-refractivity contribution >= 4 is 5.78 Å². The summed E-state index contributed by atoms with van der Waals surface area (Å²) in [4.78, 5) is 12.2. The summed E-state index contributed by atoms with van der Waals surface area (Å²) >= 11 is 0. The van der Waals surface area contributed by atoms with Crippen molar-refractivity contribution < 1.29 is 19.0 Å². The van der Waals surface area contributed by atoms with E-state index in [1.165, 1.54) is 0 Å². The highest BCUT2D eigenvalue weighted by Gasteiger charge is 2.36. The van der Waals surface area contributed by atoms with Crippen molar-refractivity contribution in [3.8, 4) is 0 Å². The highest BCUT2D eigenvalue weighted by Crippen LogP contribution is 2.26. The number of ether oxygens (including phenoxy) is 3. The van der Waals surface area contributed by atoms with E-state index >= 15 is 0 Å². The van der Waals surface area contributed by atoms with Crippen LogP contribution >= 0.6 is 0 Å². The molecule has 96 valence electrons. The molecule has 3 fully saturated rings. The molecule has 3 heterocycles. The second-order valence-electron chi connectivity index (χ2n) is 5.11. The number of carbonyl (C=O) groups is 1. The molecule has 0 amide bonds. The van der Waals surface area contributed by atoms with Crippen LogP contribution in [0.4, 0.5) is 0 Å². The normalized spacial score (nSPS) is 38.2. The molecular formula is C12H19NO4. The number of hydrogen-bond donors (Lipinski definition) is 1. The molecule has 2 atom stereocenters. The quantitative estimate of drug-likeness (QED) is 0.758. The number of morpholine rings is 1.